The van der Waals surface area contributed by atoms with Crippen LogP contribution in [0, 0.1) is 0 Å². The average molecular weight is 471 g/mol. The molecule has 2 aliphatic rings. The fraction of sp³-hybridized carbons (Fsp3) is 0.538. The van der Waals surface area contributed by atoms with Gasteiger partial charge in [-0.3, -0.25) is 4.79 Å². The summed E-state index contributed by atoms with van der Waals surface area (Å²) >= 11 is 1.67. The van der Waals surface area contributed by atoms with Crippen LogP contribution in [0.2, 0.25) is 0 Å². The molecule has 3 N–H and O–H groups in total. The number of hydrogen-bond acceptors (Lipinski definition) is 6. The summed E-state index contributed by atoms with van der Waals surface area (Å²) in [7, 11) is 0. The minimum Gasteiger partial charge on any atom is -0.483 e. The summed E-state index contributed by atoms with van der Waals surface area (Å²) in [6, 6.07) is 12.3. The lowest BCUT2D eigenvalue weighted by atomic mass is 9.80. The van der Waals surface area contributed by atoms with E-state index >= 15 is 0 Å². The molecule has 6 nitrogen and oxygen atoms in total. The number of benzene rings is 1. The highest BCUT2D eigenvalue weighted by molar-refractivity contribution is 7.19. The molecule has 0 bridgehead atoms. The largest absolute Gasteiger partial charge is 0.483 e. The predicted molar refractivity (Wildman–Crippen MR) is 138 cm³/mol. The summed E-state index contributed by atoms with van der Waals surface area (Å²) in [5.41, 5.74) is 1.51. The summed E-state index contributed by atoms with van der Waals surface area (Å²) in [5.74, 6) is 1.75. The van der Waals surface area contributed by atoms with E-state index in [2.05, 4.69) is 64.4 Å². The molecular weight excluding hydrogens is 432 g/mol. The molecule has 33 heavy (non-hydrogen) atoms. The number of hydrogen-bond donors (Lipinski definition) is 3. The van der Waals surface area contributed by atoms with Crippen LogP contribution in [-0.2, 0) is 4.79 Å². The molecule has 2 fully saturated rings. The Kier molecular flexibility index (Phi) is 10.1. The maximum absolute atomic E-state index is 8.36. The SMILES string of the molecule is C=C(Nc1ncc(NCC)s1)N(C1CCCCC1)C1CCC(c2ccccc2)CC1.O=CO. The lowest BCUT2D eigenvalue weighted by molar-refractivity contribution is -0.122. The van der Waals surface area contributed by atoms with Crippen LogP contribution in [0.15, 0.2) is 48.9 Å². The molecule has 0 amide bonds. The van der Waals surface area contributed by atoms with Crippen LogP contribution in [0.3, 0.4) is 0 Å². The van der Waals surface area contributed by atoms with Gasteiger partial charge in [-0.05, 0) is 56.9 Å². The molecule has 0 aliphatic heterocycles. The second kappa shape index (κ2) is 13.2. The molecular formula is C26H38N4O2S. The van der Waals surface area contributed by atoms with Gasteiger partial charge >= 0.3 is 0 Å². The number of carbonyl (C=O) groups is 1. The molecule has 0 unspecified atom stereocenters. The molecule has 180 valence electrons. The number of carboxylic acid groups (broad SMARTS) is 1. The van der Waals surface area contributed by atoms with Gasteiger partial charge in [0.1, 0.15) is 10.8 Å². The lowest BCUT2D eigenvalue weighted by Gasteiger charge is -2.45. The summed E-state index contributed by atoms with van der Waals surface area (Å²) in [6.07, 6.45) is 13.6. The van der Waals surface area contributed by atoms with Crippen LogP contribution in [0.5, 0.6) is 0 Å². The van der Waals surface area contributed by atoms with Crippen LogP contribution < -0.4 is 10.6 Å². The van der Waals surface area contributed by atoms with E-state index in [0.29, 0.717) is 18.0 Å². The molecule has 1 aromatic heterocycles. The summed E-state index contributed by atoms with van der Waals surface area (Å²) in [4.78, 5) is 15.6. The van der Waals surface area contributed by atoms with E-state index in [0.717, 1.165) is 22.5 Å². The van der Waals surface area contributed by atoms with Crippen molar-refractivity contribution in [3.8, 4) is 0 Å². The highest BCUT2D eigenvalue weighted by Crippen LogP contribution is 2.38. The number of aromatic nitrogens is 1. The van der Waals surface area contributed by atoms with E-state index in [1.165, 1.54) is 63.4 Å². The Labute approximate surface area is 202 Å². The van der Waals surface area contributed by atoms with Gasteiger partial charge < -0.3 is 20.6 Å². The van der Waals surface area contributed by atoms with Gasteiger partial charge in [0, 0.05) is 18.6 Å². The number of thiazole rings is 1. The fourth-order valence-corrected chi connectivity index (χ4v) is 6.09. The van der Waals surface area contributed by atoms with Crippen LogP contribution in [0.4, 0.5) is 10.1 Å². The predicted octanol–water partition coefficient (Wildman–Crippen LogP) is 6.52. The van der Waals surface area contributed by atoms with Crippen molar-refractivity contribution in [3.05, 3.63) is 54.5 Å². The van der Waals surface area contributed by atoms with Crippen LogP contribution >= 0.6 is 11.3 Å². The van der Waals surface area contributed by atoms with Crippen molar-refractivity contribution in [1.82, 2.24) is 9.88 Å². The van der Waals surface area contributed by atoms with E-state index in [-0.39, 0.29) is 6.47 Å². The van der Waals surface area contributed by atoms with Gasteiger partial charge in [-0.1, -0.05) is 67.5 Å². The van der Waals surface area contributed by atoms with Crippen molar-refractivity contribution in [1.29, 1.82) is 0 Å². The third-order valence-electron chi connectivity index (χ3n) is 6.75. The fourth-order valence-electron chi connectivity index (χ4n) is 5.29. The Morgan fingerprint density at radius 1 is 1.12 bits per heavy atom. The van der Waals surface area contributed by atoms with Crippen LogP contribution in [0.25, 0.3) is 0 Å². The Morgan fingerprint density at radius 2 is 1.76 bits per heavy atom. The standard InChI is InChI=1S/C25H36N4S.CH2O2/c1-3-26-24-18-27-25(30-24)28-19(2)29(22-12-8-5-9-13-22)23-16-14-21(15-17-23)20-10-6-4-7-11-20;2-1-3/h4,6-7,10-11,18,21-23,26H,2-3,5,8-9,12-17H2,1H3,(H,27,28);1H,(H,2,3). The normalized spacial score (nSPS) is 20.8. The van der Waals surface area contributed by atoms with Crippen LogP contribution in [-0.4, -0.2) is 40.1 Å². The molecule has 2 saturated carbocycles. The topological polar surface area (TPSA) is 77.5 Å². The first-order valence-electron chi connectivity index (χ1n) is 12.2. The third kappa shape index (κ3) is 7.22. The first-order valence-corrected chi connectivity index (χ1v) is 13.0. The van der Waals surface area contributed by atoms with E-state index < -0.39 is 0 Å². The highest BCUT2D eigenvalue weighted by atomic mass is 32.1. The minimum atomic E-state index is -0.250. The number of rotatable bonds is 8. The van der Waals surface area contributed by atoms with Crippen molar-refractivity contribution < 1.29 is 9.90 Å². The third-order valence-corrected chi connectivity index (χ3v) is 7.62. The smallest absolute Gasteiger partial charge is 0.290 e. The van der Waals surface area contributed by atoms with E-state index in [1.54, 1.807) is 11.3 Å². The van der Waals surface area contributed by atoms with Gasteiger partial charge in [0.05, 0.1) is 6.20 Å². The van der Waals surface area contributed by atoms with Crippen molar-refractivity contribution in [2.75, 3.05) is 17.2 Å². The molecule has 0 spiro atoms. The van der Waals surface area contributed by atoms with Crippen molar-refractivity contribution in [2.45, 2.75) is 82.7 Å². The van der Waals surface area contributed by atoms with E-state index in [9.17, 15) is 0 Å². The molecule has 0 saturated heterocycles. The molecule has 1 heterocycles. The van der Waals surface area contributed by atoms with Crippen molar-refractivity contribution in [3.63, 3.8) is 0 Å². The number of nitrogens with zero attached hydrogens (tertiary/aromatic N) is 2. The van der Waals surface area contributed by atoms with Crippen molar-refractivity contribution in [2.24, 2.45) is 0 Å². The van der Waals surface area contributed by atoms with E-state index in [1.807, 2.05) is 6.20 Å². The molecule has 4 rings (SSSR count). The number of nitrogens with one attached hydrogen (secondary N) is 2. The Balaban J connectivity index is 0.000000968. The van der Waals surface area contributed by atoms with Gasteiger partial charge in [0.2, 0.25) is 0 Å². The zero-order chi connectivity index (χ0) is 23.5. The van der Waals surface area contributed by atoms with Gasteiger partial charge in [0.15, 0.2) is 5.13 Å². The quantitative estimate of drug-likeness (QED) is 0.381. The minimum absolute atomic E-state index is 0.250. The highest BCUT2D eigenvalue weighted by Gasteiger charge is 2.32. The maximum Gasteiger partial charge on any atom is 0.290 e. The van der Waals surface area contributed by atoms with E-state index in [4.69, 9.17) is 9.90 Å². The summed E-state index contributed by atoms with van der Waals surface area (Å²) < 4.78 is 0. The summed E-state index contributed by atoms with van der Waals surface area (Å²) in [5, 5.41) is 15.8. The molecule has 0 radical (unpaired) electrons. The Hall–Kier alpha value is -2.54. The molecule has 1 aromatic carbocycles. The number of anilines is 2. The van der Waals surface area contributed by atoms with Gasteiger partial charge in [-0.15, -0.1) is 0 Å². The zero-order valence-electron chi connectivity index (χ0n) is 19.7. The summed E-state index contributed by atoms with van der Waals surface area (Å²) in [6.45, 7) is 7.28. The Bertz CT molecular complexity index is 843. The first kappa shape index (κ1) is 25.1. The average Bonchev–Trinajstić information content (AvgIpc) is 3.28. The molecule has 0 atom stereocenters. The van der Waals surface area contributed by atoms with Crippen LogP contribution in [0.1, 0.15) is 76.2 Å². The zero-order valence-corrected chi connectivity index (χ0v) is 20.5. The van der Waals surface area contributed by atoms with Gasteiger partial charge in [-0.2, -0.15) is 0 Å². The second-order valence-electron chi connectivity index (χ2n) is 8.85. The second-order valence-corrected chi connectivity index (χ2v) is 9.88. The van der Waals surface area contributed by atoms with Gasteiger partial charge in [0.25, 0.3) is 6.47 Å². The molecule has 7 heteroatoms. The lowest BCUT2D eigenvalue weighted by Crippen LogP contribution is -2.46. The maximum atomic E-state index is 8.36. The Morgan fingerprint density at radius 3 is 2.39 bits per heavy atom. The van der Waals surface area contributed by atoms with Crippen molar-refractivity contribution >= 4 is 27.9 Å². The first-order chi connectivity index (χ1) is 16.2. The molecule has 2 aromatic rings. The van der Waals surface area contributed by atoms with Gasteiger partial charge in [-0.25, -0.2) is 4.98 Å². The monoisotopic (exact) mass is 470 g/mol. The molecule has 2 aliphatic carbocycles.